The van der Waals surface area contributed by atoms with Crippen LogP contribution in [0.4, 0.5) is 5.69 Å². The number of rotatable bonds is 2. The van der Waals surface area contributed by atoms with Gasteiger partial charge < -0.3 is 15.6 Å². The van der Waals surface area contributed by atoms with Gasteiger partial charge in [-0.1, -0.05) is 0 Å². The number of nitrogens with zero attached hydrogens (tertiary/aromatic N) is 2. The second kappa shape index (κ2) is 4.77. The highest BCUT2D eigenvalue weighted by atomic mass is 16.2. The summed E-state index contributed by atoms with van der Waals surface area (Å²) in [6.07, 6.45) is 4.46. The van der Waals surface area contributed by atoms with Gasteiger partial charge in [-0.3, -0.25) is 9.69 Å². The summed E-state index contributed by atoms with van der Waals surface area (Å²) in [5.74, 6) is 0.113. The molecule has 21 heavy (non-hydrogen) atoms. The molecule has 0 bridgehead atoms. The van der Waals surface area contributed by atoms with E-state index in [2.05, 4.69) is 9.88 Å². The van der Waals surface area contributed by atoms with E-state index in [0.29, 0.717) is 5.69 Å². The Labute approximate surface area is 123 Å². The molecule has 1 saturated carbocycles. The van der Waals surface area contributed by atoms with Crippen molar-refractivity contribution in [3.05, 3.63) is 30.0 Å². The van der Waals surface area contributed by atoms with Gasteiger partial charge in [0.2, 0.25) is 0 Å². The summed E-state index contributed by atoms with van der Waals surface area (Å²) >= 11 is 0. The molecule has 2 heterocycles. The monoisotopic (exact) mass is 284 g/mol. The van der Waals surface area contributed by atoms with Gasteiger partial charge in [-0.15, -0.1) is 0 Å². The molecule has 5 heteroatoms. The maximum atomic E-state index is 12.7. The maximum Gasteiger partial charge on any atom is 0.256 e. The van der Waals surface area contributed by atoms with Crippen LogP contribution in [0.15, 0.2) is 24.4 Å². The molecule has 1 aromatic carbocycles. The van der Waals surface area contributed by atoms with Crippen LogP contribution in [0.25, 0.3) is 10.9 Å². The number of benzene rings is 1. The molecular formula is C16H20N4O. The lowest BCUT2D eigenvalue weighted by atomic mass is 10.1. The second-order valence-corrected chi connectivity index (χ2v) is 6.07. The van der Waals surface area contributed by atoms with E-state index < -0.39 is 0 Å². The predicted octanol–water partition coefficient (Wildman–Crippen LogP) is 1.67. The van der Waals surface area contributed by atoms with E-state index in [-0.39, 0.29) is 5.91 Å². The number of aromatic nitrogens is 1. The highest BCUT2D eigenvalue weighted by molar-refractivity contribution is 6.07. The molecule has 0 radical (unpaired) electrons. The first-order valence-electron chi connectivity index (χ1n) is 7.62. The third kappa shape index (κ3) is 2.27. The van der Waals surface area contributed by atoms with Gasteiger partial charge in [-0.25, -0.2) is 0 Å². The number of piperazine rings is 1. The standard InChI is InChI=1S/C16H20N4O/c17-11-1-4-15-13(9-11)14(10-18-15)16(21)20-7-5-19(6-8-20)12-2-3-12/h1,4,9-10,12,18H,2-3,5-8,17H2. The normalized spacial score (nSPS) is 20.1. The fraction of sp³-hybridized carbons (Fsp3) is 0.438. The number of hydrogen-bond acceptors (Lipinski definition) is 3. The number of nitrogens with two attached hydrogens (primary N) is 1. The molecule has 2 fully saturated rings. The summed E-state index contributed by atoms with van der Waals surface area (Å²) in [5, 5.41) is 0.921. The molecule has 1 aromatic heterocycles. The number of amides is 1. The summed E-state index contributed by atoms with van der Waals surface area (Å²) < 4.78 is 0. The Kier molecular flexibility index (Phi) is 2.89. The van der Waals surface area contributed by atoms with Gasteiger partial charge in [-0.2, -0.15) is 0 Å². The number of aromatic amines is 1. The molecule has 1 amide bonds. The topological polar surface area (TPSA) is 65.4 Å². The van der Waals surface area contributed by atoms with Crippen LogP contribution in [0.1, 0.15) is 23.2 Å². The van der Waals surface area contributed by atoms with Crippen molar-refractivity contribution >= 4 is 22.5 Å². The van der Waals surface area contributed by atoms with Gasteiger partial charge in [-0.05, 0) is 31.0 Å². The predicted molar refractivity (Wildman–Crippen MR) is 83.2 cm³/mol. The quantitative estimate of drug-likeness (QED) is 0.825. The molecule has 0 unspecified atom stereocenters. The zero-order valence-corrected chi connectivity index (χ0v) is 12.0. The van der Waals surface area contributed by atoms with E-state index in [1.807, 2.05) is 23.1 Å². The van der Waals surface area contributed by atoms with Crippen LogP contribution < -0.4 is 5.73 Å². The molecule has 1 saturated heterocycles. The van der Waals surface area contributed by atoms with Crippen molar-refractivity contribution in [3.63, 3.8) is 0 Å². The van der Waals surface area contributed by atoms with E-state index in [0.717, 1.165) is 48.7 Å². The highest BCUT2D eigenvalue weighted by Gasteiger charge is 2.32. The Hall–Kier alpha value is -2.01. The van der Waals surface area contributed by atoms with Crippen LogP contribution in [0.3, 0.4) is 0 Å². The second-order valence-electron chi connectivity index (χ2n) is 6.07. The highest BCUT2D eigenvalue weighted by Crippen LogP contribution is 2.28. The largest absolute Gasteiger partial charge is 0.399 e. The first-order chi connectivity index (χ1) is 10.2. The number of anilines is 1. The Morgan fingerprint density at radius 2 is 1.95 bits per heavy atom. The zero-order valence-electron chi connectivity index (χ0n) is 12.0. The van der Waals surface area contributed by atoms with Gasteiger partial charge in [0, 0.05) is 55.0 Å². The zero-order chi connectivity index (χ0) is 14.4. The fourth-order valence-corrected chi connectivity index (χ4v) is 3.22. The van der Waals surface area contributed by atoms with Crippen LogP contribution >= 0.6 is 0 Å². The van der Waals surface area contributed by atoms with Gasteiger partial charge in [0.25, 0.3) is 5.91 Å². The molecule has 1 aliphatic carbocycles. The van der Waals surface area contributed by atoms with Gasteiger partial charge >= 0.3 is 0 Å². The van der Waals surface area contributed by atoms with Gasteiger partial charge in [0.05, 0.1) is 5.56 Å². The number of carbonyl (C=O) groups is 1. The summed E-state index contributed by atoms with van der Waals surface area (Å²) in [6.45, 7) is 3.65. The van der Waals surface area contributed by atoms with Crippen molar-refractivity contribution < 1.29 is 4.79 Å². The van der Waals surface area contributed by atoms with Crippen molar-refractivity contribution in [3.8, 4) is 0 Å². The molecule has 3 N–H and O–H groups in total. The lowest BCUT2D eigenvalue weighted by Gasteiger charge is -2.34. The summed E-state index contributed by atoms with van der Waals surface area (Å²) in [6, 6.07) is 6.43. The first kappa shape index (κ1) is 12.7. The maximum absolute atomic E-state index is 12.7. The van der Waals surface area contributed by atoms with E-state index in [1.165, 1.54) is 12.8 Å². The van der Waals surface area contributed by atoms with Crippen molar-refractivity contribution in [2.24, 2.45) is 0 Å². The number of carbonyl (C=O) groups excluding carboxylic acids is 1. The minimum Gasteiger partial charge on any atom is -0.399 e. The average molecular weight is 284 g/mol. The Morgan fingerprint density at radius 3 is 2.67 bits per heavy atom. The Bertz CT molecular complexity index is 681. The van der Waals surface area contributed by atoms with Crippen LogP contribution in [-0.4, -0.2) is 52.9 Å². The fourth-order valence-electron chi connectivity index (χ4n) is 3.22. The Balaban J connectivity index is 1.54. The molecule has 0 spiro atoms. The van der Waals surface area contributed by atoms with Crippen LogP contribution in [0.5, 0.6) is 0 Å². The van der Waals surface area contributed by atoms with E-state index in [9.17, 15) is 4.79 Å². The third-order valence-corrected chi connectivity index (χ3v) is 4.60. The molecule has 4 rings (SSSR count). The molecule has 110 valence electrons. The van der Waals surface area contributed by atoms with Crippen molar-refractivity contribution in [2.75, 3.05) is 31.9 Å². The lowest BCUT2D eigenvalue weighted by Crippen LogP contribution is -2.49. The smallest absolute Gasteiger partial charge is 0.256 e. The van der Waals surface area contributed by atoms with Crippen molar-refractivity contribution in [2.45, 2.75) is 18.9 Å². The molecule has 1 aliphatic heterocycles. The number of fused-ring (bicyclic) bond motifs is 1. The number of nitrogens with one attached hydrogen (secondary N) is 1. The number of H-pyrrole nitrogens is 1. The van der Waals surface area contributed by atoms with Crippen molar-refractivity contribution in [1.82, 2.24) is 14.8 Å². The van der Waals surface area contributed by atoms with Crippen LogP contribution in [-0.2, 0) is 0 Å². The summed E-state index contributed by atoms with van der Waals surface area (Å²) in [5.41, 5.74) is 8.23. The number of hydrogen-bond donors (Lipinski definition) is 2. The minimum atomic E-state index is 0.113. The first-order valence-corrected chi connectivity index (χ1v) is 7.62. The number of nitrogen functional groups attached to an aromatic ring is 1. The molecular weight excluding hydrogens is 264 g/mol. The van der Waals surface area contributed by atoms with Crippen LogP contribution in [0.2, 0.25) is 0 Å². The molecule has 5 nitrogen and oxygen atoms in total. The minimum absolute atomic E-state index is 0.113. The van der Waals surface area contributed by atoms with Gasteiger partial charge in [0.15, 0.2) is 0 Å². The average Bonchev–Trinajstić information content (AvgIpc) is 3.27. The molecule has 2 aromatic rings. The van der Waals surface area contributed by atoms with Gasteiger partial charge in [0.1, 0.15) is 0 Å². The Morgan fingerprint density at radius 1 is 1.19 bits per heavy atom. The molecule has 2 aliphatic rings. The third-order valence-electron chi connectivity index (χ3n) is 4.60. The summed E-state index contributed by atoms with van der Waals surface area (Å²) in [7, 11) is 0. The molecule has 0 atom stereocenters. The van der Waals surface area contributed by atoms with Crippen LogP contribution in [0, 0.1) is 0 Å². The van der Waals surface area contributed by atoms with Crippen molar-refractivity contribution in [1.29, 1.82) is 0 Å². The van der Waals surface area contributed by atoms with E-state index >= 15 is 0 Å². The van der Waals surface area contributed by atoms with E-state index in [1.54, 1.807) is 6.20 Å². The van der Waals surface area contributed by atoms with E-state index in [4.69, 9.17) is 5.73 Å². The SMILES string of the molecule is Nc1ccc2[nH]cc(C(=O)N3CCN(C4CC4)CC3)c2c1. The summed E-state index contributed by atoms with van der Waals surface area (Å²) in [4.78, 5) is 20.4. The lowest BCUT2D eigenvalue weighted by molar-refractivity contribution is 0.0629.